The quantitative estimate of drug-likeness (QED) is 0.786. The van der Waals surface area contributed by atoms with Crippen molar-refractivity contribution in [3.05, 3.63) is 35.0 Å². The maximum Gasteiger partial charge on any atom is 0.229 e. The number of nitrogen functional groups attached to an aromatic ring is 1. The molecule has 128 valence electrons. The Labute approximate surface area is 148 Å². The van der Waals surface area contributed by atoms with Crippen LogP contribution in [0.25, 0.3) is 0 Å². The number of nitrogens with one attached hydrogen (secondary N) is 1. The molecule has 3 N–H and O–H groups in total. The van der Waals surface area contributed by atoms with Crippen LogP contribution in [0.4, 0.5) is 23.1 Å². The topological polar surface area (TPSA) is 67.1 Å². The van der Waals surface area contributed by atoms with E-state index in [1.807, 2.05) is 6.07 Å². The monoisotopic (exact) mass is 345 g/mol. The Hall–Kier alpha value is -2.01. The molecule has 1 aliphatic rings. The molecule has 0 bridgehead atoms. The highest BCUT2D eigenvalue weighted by Gasteiger charge is 2.22. The van der Waals surface area contributed by atoms with Crippen LogP contribution in [-0.2, 0) is 6.42 Å². The summed E-state index contributed by atoms with van der Waals surface area (Å²) in [5.74, 6) is 1.61. The number of aromatic nitrogens is 2. The third-order valence-electron chi connectivity index (χ3n) is 4.37. The number of hydrogen-bond acceptors (Lipinski definition) is 5. The van der Waals surface area contributed by atoms with Gasteiger partial charge in [0.05, 0.1) is 10.7 Å². The summed E-state index contributed by atoms with van der Waals surface area (Å²) in [7, 11) is 0. The van der Waals surface area contributed by atoms with Gasteiger partial charge in [0.25, 0.3) is 0 Å². The first-order valence-electron chi connectivity index (χ1n) is 8.53. The highest BCUT2D eigenvalue weighted by Crippen LogP contribution is 2.27. The maximum absolute atomic E-state index is 5.99. The van der Waals surface area contributed by atoms with Gasteiger partial charge in [0.15, 0.2) is 0 Å². The number of aryl methyl sites for hydroxylation is 1. The molecule has 0 unspecified atom stereocenters. The minimum atomic E-state index is 0.522. The Morgan fingerprint density at radius 1 is 1.33 bits per heavy atom. The second-order valence-electron chi connectivity index (χ2n) is 6.34. The Kier molecular flexibility index (Phi) is 5.09. The molecule has 3 rings (SSSR count). The fraction of sp³-hybridized carbons (Fsp3) is 0.444. The normalized spacial score (nSPS) is 17.3. The van der Waals surface area contributed by atoms with Crippen molar-refractivity contribution >= 4 is 34.7 Å². The molecule has 0 saturated carbocycles. The van der Waals surface area contributed by atoms with Gasteiger partial charge in [-0.2, -0.15) is 4.98 Å². The van der Waals surface area contributed by atoms with Gasteiger partial charge in [0.2, 0.25) is 5.95 Å². The van der Waals surface area contributed by atoms with Gasteiger partial charge >= 0.3 is 0 Å². The minimum Gasteiger partial charge on any atom is -0.397 e. The lowest BCUT2D eigenvalue weighted by molar-refractivity contribution is 0.724. The van der Waals surface area contributed by atoms with Crippen LogP contribution >= 0.6 is 11.6 Å². The largest absolute Gasteiger partial charge is 0.397 e. The van der Waals surface area contributed by atoms with E-state index in [2.05, 4.69) is 35.1 Å². The van der Waals surface area contributed by atoms with E-state index in [0.29, 0.717) is 22.7 Å². The lowest BCUT2D eigenvalue weighted by Crippen LogP contribution is -2.27. The van der Waals surface area contributed by atoms with Crippen LogP contribution in [0.1, 0.15) is 38.8 Å². The molecule has 1 atom stereocenters. The summed E-state index contributed by atoms with van der Waals surface area (Å²) < 4.78 is 0. The number of benzene rings is 1. The predicted molar refractivity (Wildman–Crippen MR) is 101 cm³/mol. The number of anilines is 4. The Bertz CT molecular complexity index is 719. The van der Waals surface area contributed by atoms with Gasteiger partial charge in [-0.1, -0.05) is 24.9 Å². The standard InChI is InChI=1S/C18H24ClN5/c1-3-5-13-11-17(24-9-4-6-12(24)2)23-18(21-13)22-14-7-8-15(19)16(20)10-14/h7-8,10-12H,3-6,9,20H2,1-2H3,(H,21,22,23)/t12-/m1/s1. The Morgan fingerprint density at radius 3 is 2.83 bits per heavy atom. The molecule has 6 heteroatoms. The summed E-state index contributed by atoms with van der Waals surface area (Å²) >= 11 is 5.99. The summed E-state index contributed by atoms with van der Waals surface area (Å²) in [6.07, 6.45) is 4.42. The van der Waals surface area contributed by atoms with E-state index >= 15 is 0 Å². The van der Waals surface area contributed by atoms with E-state index in [-0.39, 0.29) is 0 Å². The van der Waals surface area contributed by atoms with Crippen LogP contribution in [0.5, 0.6) is 0 Å². The molecule has 2 heterocycles. The van der Waals surface area contributed by atoms with E-state index in [1.165, 1.54) is 12.8 Å². The predicted octanol–water partition coefficient (Wildman–Crippen LogP) is 4.40. The van der Waals surface area contributed by atoms with Crippen molar-refractivity contribution < 1.29 is 0 Å². The van der Waals surface area contributed by atoms with Crippen molar-refractivity contribution in [2.75, 3.05) is 22.5 Å². The number of halogens is 1. The number of nitrogens with two attached hydrogens (primary N) is 1. The first-order valence-corrected chi connectivity index (χ1v) is 8.91. The second kappa shape index (κ2) is 7.26. The molecule has 2 aromatic rings. The fourth-order valence-electron chi connectivity index (χ4n) is 3.09. The zero-order valence-electron chi connectivity index (χ0n) is 14.2. The molecule has 0 spiro atoms. The van der Waals surface area contributed by atoms with Crippen LogP contribution in [0.3, 0.4) is 0 Å². The Morgan fingerprint density at radius 2 is 2.17 bits per heavy atom. The molecule has 24 heavy (non-hydrogen) atoms. The summed E-state index contributed by atoms with van der Waals surface area (Å²) in [5, 5.41) is 3.81. The van der Waals surface area contributed by atoms with Crippen LogP contribution in [-0.4, -0.2) is 22.6 Å². The van der Waals surface area contributed by atoms with Crippen molar-refractivity contribution in [2.24, 2.45) is 0 Å². The van der Waals surface area contributed by atoms with Crippen molar-refractivity contribution in [3.63, 3.8) is 0 Å². The van der Waals surface area contributed by atoms with Gasteiger partial charge in [0.1, 0.15) is 5.82 Å². The van der Waals surface area contributed by atoms with Crippen molar-refractivity contribution in [3.8, 4) is 0 Å². The zero-order chi connectivity index (χ0) is 17.1. The molecule has 5 nitrogen and oxygen atoms in total. The molecule has 1 aliphatic heterocycles. The second-order valence-corrected chi connectivity index (χ2v) is 6.74. The zero-order valence-corrected chi connectivity index (χ0v) is 15.0. The van der Waals surface area contributed by atoms with Crippen LogP contribution in [0, 0.1) is 0 Å². The molecule has 1 aromatic heterocycles. The van der Waals surface area contributed by atoms with Gasteiger partial charge in [-0.3, -0.25) is 0 Å². The first kappa shape index (κ1) is 16.8. The SMILES string of the molecule is CCCc1cc(N2CCC[C@H]2C)nc(Nc2ccc(Cl)c(N)c2)n1. The van der Waals surface area contributed by atoms with Gasteiger partial charge in [-0.25, -0.2) is 4.98 Å². The van der Waals surface area contributed by atoms with Crippen molar-refractivity contribution in [2.45, 2.75) is 45.6 Å². The van der Waals surface area contributed by atoms with E-state index < -0.39 is 0 Å². The van der Waals surface area contributed by atoms with E-state index in [9.17, 15) is 0 Å². The minimum absolute atomic E-state index is 0.522. The molecule has 0 amide bonds. The molecule has 0 radical (unpaired) electrons. The van der Waals surface area contributed by atoms with E-state index in [1.54, 1.807) is 12.1 Å². The molecular formula is C18H24ClN5. The van der Waals surface area contributed by atoms with Gasteiger partial charge < -0.3 is 16.0 Å². The highest BCUT2D eigenvalue weighted by atomic mass is 35.5. The maximum atomic E-state index is 5.99. The van der Waals surface area contributed by atoms with Crippen molar-refractivity contribution in [1.82, 2.24) is 9.97 Å². The Balaban J connectivity index is 1.90. The highest BCUT2D eigenvalue weighted by molar-refractivity contribution is 6.33. The summed E-state index contributed by atoms with van der Waals surface area (Å²) in [5.41, 5.74) is 8.32. The third-order valence-corrected chi connectivity index (χ3v) is 4.72. The molecular weight excluding hydrogens is 322 g/mol. The number of rotatable bonds is 5. The molecule has 1 aromatic carbocycles. The third kappa shape index (κ3) is 3.73. The lowest BCUT2D eigenvalue weighted by atomic mass is 10.2. The number of hydrogen-bond donors (Lipinski definition) is 2. The summed E-state index contributed by atoms with van der Waals surface area (Å²) in [6, 6.07) is 8.10. The smallest absolute Gasteiger partial charge is 0.229 e. The van der Waals surface area contributed by atoms with Gasteiger partial charge in [-0.15, -0.1) is 0 Å². The lowest BCUT2D eigenvalue weighted by Gasteiger charge is -2.23. The fourth-order valence-corrected chi connectivity index (χ4v) is 3.21. The van der Waals surface area contributed by atoms with Crippen LogP contribution in [0.2, 0.25) is 5.02 Å². The summed E-state index contributed by atoms with van der Waals surface area (Å²) in [6.45, 7) is 5.46. The van der Waals surface area contributed by atoms with Crippen molar-refractivity contribution in [1.29, 1.82) is 0 Å². The van der Waals surface area contributed by atoms with Crippen LogP contribution < -0.4 is 16.0 Å². The van der Waals surface area contributed by atoms with Crippen LogP contribution in [0.15, 0.2) is 24.3 Å². The average molecular weight is 346 g/mol. The molecule has 1 fully saturated rings. The van der Waals surface area contributed by atoms with E-state index in [4.69, 9.17) is 22.3 Å². The molecule has 1 saturated heterocycles. The van der Waals surface area contributed by atoms with Gasteiger partial charge in [0, 0.05) is 30.0 Å². The number of nitrogens with zero attached hydrogens (tertiary/aromatic N) is 3. The van der Waals surface area contributed by atoms with E-state index in [0.717, 1.165) is 36.6 Å². The molecule has 0 aliphatic carbocycles. The first-order chi connectivity index (χ1) is 11.6. The average Bonchev–Trinajstić information content (AvgIpc) is 2.97. The summed E-state index contributed by atoms with van der Waals surface area (Å²) in [4.78, 5) is 11.7. The van der Waals surface area contributed by atoms with Gasteiger partial charge in [-0.05, 0) is 44.4 Å².